The quantitative estimate of drug-likeness (QED) is 0.631. The number of hydrogen-bond acceptors (Lipinski definition) is 3. The van der Waals surface area contributed by atoms with Gasteiger partial charge >= 0.3 is 5.97 Å². The number of hydrogen-bond donors (Lipinski definition) is 0. The van der Waals surface area contributed by atoms with Crippen molar-refractivity contribution in [3.63, 3.8) is 0 Å². The van der Waals surface area contributed by atoms with Crippen molar-refractivity contribution >= 4 is 11.8 Å². The predicted octanol–water partition coefficient (Wildman–Crippen LogP) is 1.53. The van der Waals surface area contributed by atoms with Crippen molar-refractivity contribution in [3.05, 3.63) is 35.4 Å². The first-order chi connectivity index (χ1) is 6.74. The van der Waals surface area contributed by atoms with Crippen LogP contribution in [0.15, 0.2) is 24.3 Å². The summed E-state index contributed by atoms with van der Waals surface area (Å²) in [6.45, 7) is 0. The third-order valence-corrected chi connectivity index (χ3v) is 2.51. The molecule has 1 aromatic rings. The lowest BCUT2D eigenvalue weighted by Crippen LogP contribution is -2.11. The fraction of sp³-hybridized carbons (Fsp3) is 0.273. The van der Waals surface area contributed by atoms with Crippen molar-refractivity contribution in [2.75, 3.05) is 7.11 Å². The van der Waals surface area contributed by atoms with E-state index in [4.69, 9.17) is 0 Å². The fourth-order valence-corrected chi connectivity index (χ4v) is 1.81. The van der Waals surface area contributed by atoms with Gasteiger partial charge in [-0.25, -0.2) is 0 Å². The van der Waals surface area contributed by atoms with E-state index < -0.39 is 5.92 Å². The second kappa shape index (κ2) is 3.25. The molecular formula is C11H10O3. The Morgan fingerprint density at radius 1 is 1.43 bits per heavy atom. The third-order valence-electron chi connectivity index (χ3n) is 2.51. The molecule has 72 valence electrons. The number of carbonyl (C=O) groups excluding carboxylic acids is 2. The summed E-state index contributed by atoms with van der Waals surface area (Å²) in [5.41, 5.74) is 1.45. The van der Waals surface area contributed by atoms with Crippen LogP contribution in [0.3, 0.4) is 0 Å². The maximum absolute atomic E-state index is 11.5. The molecule has 0 radical (unpaired) electrons. The summed E-state index contributed by atoms with van der Waals surface area (Å²) in [5.74, 6) is -0.706. The molecule has 0 spiro atoms. The molecule has 0 bridgehead atoms. The number of ether oxygens (including phenoxy) is 1. The van der Waals surface area contributed by atoms with Gasteiger partial charge in [-0.05, 0) is 5.56 Å². The zero-order valence-electron chi connectivity index (χ0n) is 7.82. The van der Waals surface area contributed by atoms with Crippen LogP contribution in [0.2, 0.25) is 0 Å². The van der Waals surface area contributed by atoms with Gasteiger partial charge in [0.15, 0.2) is 5.78 Å². The van der Waals surface area contributed by atoms with Crippen molar-refractivity contribution in [3.8, 4) is 0 Å². The van der Waals surface area contributed by atoms with Gasteiger partial charge in [0.25, 0.3) is 0 Å². The first-order valence-corrected chi connectivity index (χ1v) is 4.44. The van der Waals surface area contributed by atoms with E-state index in [0.29, 0.717) is 5.56 Å². The summed E-state index contributed by atoms with van der Waals surface area (Å²) >= 11 is 0. The number of carbonyl (C=O) groups is 2. The van der Waals surface area contributed by atoms with Gasteiger partial charge in [-0.2, -0.15) is 0 Å². The molecule has 14 heavy (non-hydrogen) atoms. The van der Waals surface area contributed by atoms with Gasteiger partial charge < -0.3 is 4.74 Å². The maximum atomic E-state index is 11.5. The SMILES string of the molecule is COC(=O)[C@@H]1CC(=O)c2ccccc21. The normalized spacial score (nSPS) is 19.2. The number of rotatable bonds is 1. The molecule has 3 nitrogen and oxygen atoms in total. The molecule has 1 aliphatic rings. The molecule has 0 heterocycles. The summed E-state index contributed by atoms with van der Waals surface area (Å²) in [6, 6.07) is 7.19. The van der Waals surface area contributed by atoms with Crippen molar-refractivity contribution in [1.82, 2.24) is 0 Å². The van der Waals surface area contributed by atoms with Gasteiger partial charge in [0, 0.05) is 12.0 Å². The summed E-state index contributed by atoms with van der Waals surface area (Å²) in [5, 5.41) is 0. The Hall–Kier alpha value is -1.64. The minimum absolute atomic E-state index is 0.0241. The topological polar surface area (TPSA) is 43.4 Å². The van der Waals surface area contributed by atoms with Crippen molar-refractivity contribution in [2.24, 2.45) is 0 Å². The van der Waals surface area contributed by atoms with Gasteiger partial charge in [0.1, 0.15) is 0 Å². The van der Waals surface area contributed by atoms with Crippen LogP contribution in [0.4, 0.5) is 0 Å². The van der Waals surface area contributed by atoms with Gasteiger partial charge in [-0.3, -0.25) is 9.59 Å². The van der Waals surface area contributed by atoms with Crippen LogP contribution >= 0.6 is 0 Å². The summed E-state index contributed by atoms with van der Waals surface area (Å²) in [7, 11) is 1.34. The second-order valence-corrected chi connectivity index (χ2v) is 3.29. The van der Waals surface area contributed by atoms with Crippen LogP contribution in [0, 0.1) is 0 Å². The van der Waals surface area contributed by atoms with Crippen LogP contribution in [-0.2, 0) is 9.53 Å². The maximum Gasteiger partial charge on any atom is 0.313 e. The molecule has 0 saturated carbocycles. The Morgan fingerprint density at radius 2 is 2.14 bits per heavy atom. The smallest absolute Gasteiger partial charge is 0.313 e. The monoisotopic (exact) mass is 190 g/mol. The Kier molecular flexibility index (Phi) is 2.08. The number of Topliss-reactive ketones (excluding diaryl/α,β-unsaturated/α-hetero) is 1. The molecular weight excluding hydrogens is 180 g/mol. The highest BCUT2D eigenvalue weighted by molar-refractivity contribution is 6.05. The highest BCUT2D eigenvalue weighted by Crippen LogP contribution is 2.33. The first kappa shape index (κ1) is 8.94. The molecule has 1 atom stereocenters. The largest absolute Gasteiger partial charge is 0.469 e. The Bertz CT molecular complexity index is 395. The van der Waals surface area contributed by atoms with Gasteiger partial charge in [0.05, 0.1) is 13.0 Å². The molecule has 0 amide bonds. The van der Waals surface area contributed by atoms with Crippen LogP contribution < -0.4 is 0 Å². The van der Waals surface area contributed by atoms with E-state index in [1.807, 2.05) is 12.1 Å². The minimum Gasteiger partial charge on any atom is -0.469 e. The Morgan fingerprint density at radius 3 is 2.86 bits per heavy atom. The summed E-state index contributed by atoms with van der Waals surface area (Å²) < 4.78 is 4.65. The number of ketones is 1. The first-order valence-electron chi connectivity index (χ1n) is 4.44. The lowest BCUT2D eigenvalue weighted by molar-refractivity contribution is -0.142. The molecule has 1 aliphatic carbocycles. The third kappa shape index (κ3) is 1.21. The van der Waals surface area contributed by atoms with E-state index in [1.54, 1.807) is 12.1 Å². The van der Waals surface area contributed by atoms with Gasteiger partial charge in [0.2, 0.25) is 0 Å². The lowest BCUT2D eigenvalue weighted by Gasteiger charge is -2.06. The average Bonchev–Trinajstić information content (AvgIpc) is 2.56. The molecule has 0 aromatic heterocycles. The molecule has 0 saturated heterocycles. The molecule has 0 N–H and O–H groups in total. The van der Waals surface area contributed by atoms with Crippen molar-refractivity contribution in [1.29, 1.82) is 0 Å². The molecule has 0 fully saturated rings. The van der Waals surface area contributed by atoms with E-state index in [1.165, 1.54) is 7.11 Å². The number of esters is 1. The number of fused-ring (bicyclic) bond motifs is 1. The second-order valence-electron chi connectivity index (χ2n) is 3.29. The van der Waals surface area contributed by atoms with E-state index >= 15 is 0 Å². The molecule has 0 aliphatic heterocycles. The minimum atomic E-state index is -0.399. The highest BCUT2D eigenvalue weighted by atomic mass is 16.5. The van der Waals surface area contributed by atoms with E-state index in [0.717, 1.165) is 5.56 Å². The predicted molar refractivity (Wildman–Crippen MR) is 50.1 cm³/mol. The van der Waals surface area contributed by atoms with Crippen LogP contribution in [0.5, 0.6) is 0 Å². The Balaban J connectivity index is 2.44. The highest BCUT2D eigenvalue weighted by Gasteiger charge is 2.34. The van der Waals surface area contributed by atoms with Crippen LogP contribution in [-0.4, -0.2) is 18.9 Å². The van der Waals surface area contributed by atoms with E-state index in [9.17, 15) is 9.59 Å². The Labute approximate surface area is 81.7 Å². The van der Waals surface area contributed by atoms with E-state index in [-0.39, 0.29) is 18.2 Å². The zero-order chi connectivity index (χ0) is 10.1. The zero-order valence-corrected chi connectivity index (χ0v) is 7.82. The number of methoxy groups -OCH3 is 1. The van der Waals surface area contributed by atoms with Gasteiger partial charge in [-0.15, -0.1) is 0 Å². The molecule has 0 unspecified atom stereocenters. The van der Waals surface area contributed by atoms with Crippen LogP contribution in [0.25, 0.3) is 0 Å². The van der Waals surface area contributed by atoms with Gasteiger partial charge in [-0.1, -0.05) is 24.3 Å². The standard InChI is InChI=1S/C11H10O3/c1-14-11(13)9-6-10(12)8-5-3-2-4-7(8)9/h2-5,9H,6H2,1H3/t9-/m1/s1. The van der Waals surface area contributed by atoms with E-state index in [2.05, 4.69) is 4.74 Å². The van der Waals surface area contributed by atoms with Crippen LogP contribution in [0.1, 0.15) is 28.3 Å². The fourth-order valence-electron chi connectivity index (χ4n) is 1.81. The lowest BCUT2D eigenvalue weighted by atomic mass is 10.0. The van der Waals surface area contributed by atoms with Crippen molar-refractivity contribution < 1.29 is 14.3 Å². The number of benzene rings is 1. The molecule has 1 aromatic carbocycles. The average molecular weight is 190 g/mol. The summed E-state index contributed by atoms with van der Waals surface area (Å²) in [4.78, 5) is 22.8. The molecule has 2 rings (SSSR count). The van der Waals surface area contributed by atoms with Crippen molar-refractivity contribution in [2.45, 2.75) is 12.3 Å². The summed E-state index contributed by atoms with van der Waals surface area (Å²) in [6.07, 6.45) is 0.242. The molecule has 3 heteroatoms.